The summed E-state index contributed by atoms with van der Waals surface area (Å²) in [5.74, 6) is 0.104. The van der Waals surface area contributed by atoms with Crippen molar-refractivity contribution in [3.63, 3.8) is 0 Å². The minimum Gasteiger partial charge on any atom is -0.326 e. The van der Waals surface area contributed by atoms with Crippen molar-refractivity contribution in [1.29, 1.82) is 0 Å². The monoisotopic (exact) mass is 289 g/mol. The van der Waals surface area contributed by atoms with E-state index < -0.39 is 0 Å². The minimum absolute atomic E-state index is 0.0329. The SMILES string of the molecule is CCC(=O)Nc1ccc(C)c(NC(=O)C2CCNCC2)c1. The van der Waals surface area contributed by atoms with Crippen molar-refractivity contribution in [3.8, 4) is 0 Å². The van der Waals surface area contributed by atoms with Gasteiger partial charge in [-0.3, -0.25) is 9.59 Å². The van der Waals surface area contributed by atoms with E-state index in [0.717, 1.165) is 37.2 Å². The predicted octanol–water partition coefficient (Wildman–Crippen LogP) is 2.28. The maximum Gasteiger partial charge on any atom is 0.227 e. The van der Waals surface area contributed by atoms with E-state index in [2.05, 4.69) is 16.0 Å². The standard InChI is InChI=1S/C16H23N3O2/c1-3-15(20)18-13-5-4-11(2)14(10-13)19-16(21)12-6-8-17-9-7-12/h4-5,10,12,17H,3,6-9H2,1-2H3,(H,18,20)(H,19,21). The molecule has 1 aliphatic rings. The second kappa shape index (κ2) is 7.22. The van der Waals surface area contributed by atoms with Gasteiger partial charge in [-0.25, -0.2) is 0 Å². The molecule has 0 bridgehead atoms. The zero-order chi connectivity index (χ0) is 15.2. The van der Waals surface area contributed by atoms with Gasteiger partial charge in [0.2, 0.25) is 11.8 Å². The van der Waals surface area contributed by atoms with Gasteiger partial charge in [-0.05, 0) is 50.6 Å². The van der Waals surface area contributed by atoms with Crippen LogP contribution in [0.15, 0.2) is 18.2 Å². The van der Waals surface area contributed by atoms with Gasteiger partial charge in [-0.15, -0.1) is 0 Å². The molecule has 1 saturated heterocycles. The van der Waals surface area contributed by atoms with Crippen LogP contribution in [0, 0.1) is 12.8 Å². The fourth-order valence-electron chi connectivity index (χ4n) is 2.40. The van der Waals surface area contributed by atoms with Gasteiger partial charge in [0.25, 0.3) is 0 Å². The molecule has 0 spiro atoms. The Hall–Kier alpha value is -1.88. The molecule has 1 aliphatic heterocycles. The zero-order valence-electron chi connectivity index (χ0n) is 12.7. The summed E-state index contributed by atoms with van der Waals surface area (Å²) >= 11 is 0. The molecule has 3 N–H and O–H groups in total. The Bertz CT molecular complexity index is 522. The Kier molecular flexibility index (Phi) is 5.33. The Labute approximate surface area is 125 Å². The average molecular weight is 289 g/mol. The summed E-state index contributed by atoms with van der Waals surface area (Å²) in [4.78, 5) is 23.7. The average Bonchev–Trinajstić information content (AvgIpc) is 2.51. The fourth-order valence-corrected chi connectivity index (χ4v) is 2.40. The lowest BCUT2D eigenvalue weighted by atomic mass is 9.97. The van der Waals surface area contributed by atoms with Crippen LogP contribution in [0.4, 0.5) is 11.4 Å². The molecule has 0 aliphatic carbocycles. The van der Waals surface area contributed by atoms with Crippen LogP contribution in [-0.2, 0) is 9.59 Å². The van der Waals surface area contributed by atoms with Crippen LogP contribution >= 0.6 is 0 Å². The number of hydrogen-bond donors (Lipinski definition) is 3. The Balaban J connectivity index is 2.05. The Morgan fingerprint density at radius 1 is 1.24 bits per heavy atom. The van der Waals surface area contributed by atoms with E-state index in [1.54, 1.807) is 0 Å². The largest absolute Gasteiger partial charge is 0.326 e. The number of carbonyl (C=O) groups excluding carboxylic acids is 2. The summed E-state index contributed by atoms with van der Waals surface area (Å²) in [6.45, 7) is 5.54. The van der Waals surface area contributed by atoms with Crippen molar-refractivity contribution in [3.05, 3.63) is 23.8 Å². The van der Waals surface area contributed by atoms with Gasteiger partial charge in [-0.1, -0.05) is 13.0 Å². The van der Waals surface area contributed by atoms with Crippen LogP contribution in [0.2, 0.25) is 0 Å². The molecule has 0 unspecified atom stereocenters. The molecule has 114 valence electrons. The van der Waals surface area contributed by atoms with Crippen LogP contribution in [-0.4, -0.2) is 24.9 Å². The third kappa shape index (κ3) is 4.29. The molecule has 1 aromatic rings. The second-order valence-electron chi connectivity index (χ2n) is 5.44. The first-order valence-electron chi connectivity index (χ1n) is 7.52. The molecule has 5 heteroatoms. The number of aryl methyl sites for hydroxylation is 1. The number of anilines is 2. The van der Waals surface area contributed by atoms with Crippen molar-refractivity contribution in [1.82, 2.24) is 5.32 Å². The van der Waals surface area contributed by atoms with Crippen LogP contribution in [0.3, 0.4) is 0 Å². The highest BCUT2D eigenvalue weighted by Gasteiger charge is 2.21. The van der Waals surface area contributed by atoms with Gasteiger partial charge in [0.05, 0.1) is 0 Å². The summed E-state index contributed by atoms with van der Waals surface area (Å²) in [5.41, 5.74) is 2.48. The summed E-state index contributed by atoms with van der Waals surface area (Å²) in [5, 5.41) is 9.06. The predicted molar refractivity (Wildman–Crippen MR) is 84.3 cm³/mol. The van der Waals surface area contributed by atoms with E-state index >= 15 is 0 Å². The number of rotatable bonds is 4. The molecule has 5 nitrogen and oxygen atoms in total. The van der Waals surface area contributed by atoms with Crippen LogP contribution in [0.1, 0.15) is 31.7 Å². The molecule has 21 heavy (non-hydrogen) atoms. The van der Waals surface area contributed by atoms with Gasteiger partial charge < -0.3 is 16.0 Å². The van der Waals surface area contributed by atoms with Crippen molar-refractivity contribution < 1.29 is 9.59 Å². The van der Waals surface area contributed by atoms with E-state index in [0.29, 0.717) is 12.1 Å². The topological polar surface area (TPSA) is 70.2 Å². The summed E-state index contributed by atoms with van der Waals surface area (Å²) in [7, 11) is 0. The third-order valence-electron chi connectivity index (χ3n) is 3.81. The summed E-state index contributed by atoms with van der Waals surface area (Å²) in [6, 6.07) is 5.58. The normalized spacial score (nSPS) is 15.5. The van der Waals surface area contributed by atoms with Gasteiger partial charge in [-0.2, -0.15) is 0 Å². The van der Waals surface area contributed by atoms with Crippen molar-refractivity contribution in [2.24, 2.45) is 5.92 Å². The molecule has 0 saturated carbocycles. The zero-order valence-corrected chi connectivity index (χ0v) is 12.7. The van der Waals surface area contributed by atoms with Gasteiger partial charge in [0.1, 0.15) is 0 Å². The first-order chi connectivity index (χ1) is 10.1. The molecule has 1 aromatic carbocycles. The molecule has 1 fully saturated rings. The Morgan fingerprint density at radius 2 is 1.95 bits per heavy atom. The molecule has 2 amide bonds. The number of benzene rings is 1. The molecular formula is C16H23N3O2. The highest BCUT2D eigenvalue weighted by molar-refractivity contribution is 5.95. The first kappa shape index (κ1) is 15.5. The van der Waals surface area contributed by atoms with Crippen LogP contribution < -0.4 is 16.0 Å². The maximum absolute atomic E-state index is 12.3. The summed E-state index contributed by atoms with van der Waals surface area (Å²) < 4.78 is 0. The molecule has 1 heterocycles. The lowest BCUT2D eigenvalue weighted by molar-refractivity contribution is -0.120. The van der Waals surface area contributed by atoms with E-state index in [-0.39, 0.29) is 17.7 Å². The lowest BCUT2D eigenvalue weighted by Gasteiger charge is -2.22. The molecule has 0 aromatic heterocycles. The van der Waals surface area contributed by atoms with Crippen molar-refractivity contribution in [2.75, 3.05) is 23.7 Å². The minimum atomic E-state index is -0.0329. The van der Waals surface area contributed by atoms with Gasteiger partial charge in [0.15, 0.2) is 0 Å². The Morgan fingerprint density at radius 3 is 2.62 bits per heavy atom. The molecular weight excluding hydrogens is 266 g/mol. The number of hydrogen-bond acceptors (Lipinski definition) is 3. The molecule has 0 atom stereocenters. The van der Waals surface area contributed by atoms with Gasteiger partial charge >= 0.3 is 0 Å². The van der Waals surface area contributed by atoms with E-state index in [4.69, 9.17) is 0 Å². The van der Waals surface area contributed by atoms with Gasteiger partial charge in [0, 0.05) is 23.7 Å². The number of nitrogens with one attached hydrogen (secondary N) is 3. The molecule has 2 rings (SSSR count). The highest BCUT2D eigenvalue weighted by atomic mass is 16.2. The fraction of sp³-hybridized carbons (Fsp3) is 0.500. The third-order valence-corrected chi connectivity index (χ3v) is 3.81. The van der Waals surface area contributed by atoms with Crippen LogP contribution in [0.5, 0.6) is 0 Å². The van der Waals surface area contributed by atoms with E-state index in [1.807, 2.05) is 32.0 Å². The number of piperidine rings is 1. The number of amides is 2. The van der Waals surface area contributed by atoms with Crippen LogP contribution in [0.25, 0.3) is 0 Å². The lowest BCUT2D eigenvalue weighted by Crippen LogP contribution is -2.34. The maximum atomic E-state index is 12.3. The summed E-state index contributed by atoms with van der Waals surface area (Å²) in [6.07, 6.45) is 2.18. The van der Waals surface area contributed by atoms with E-state index in [1.165, 1.54) is 0 Å². The second-order valence-corrected chi connectivity index (χ2v) is 5.44. The smallest absolute Gasteiger partial charge is 0.227 e. The molecule has 0 radical (unpaired) electrons. The van der Waals surface area contributed by atoms with E-state index in [9.17, 15) is 9.59 Å². The highest BCUT2D eigenvalue weighted by Crippen LogP contribution is 2.22. The van der Waals surface area contributed by atoms with Crippen molar-refractivity contribution in [2.45, 2.75) is 33.1 Å². The quantitative estimate of drug-likeness (QED) is 0.796. The van der Waals surface area contributed by atoms with Crippen molar-refractivity contribution >= 4 is 23.2 Å². The number of carbonyl (C=O) groups is 2. The first-order valence-corrected chi connectivity index (χ1v) is 7.52.